The highest BCUT2D eigenvalue weighted by molar-refractivity contribution is 6.35. The lowest BCUT2D eigenvalue weighted by Crippen LogP contribution is -2.04. The van der Waals surface area contributed by atoms with E-state index in [9.17, 15) is 4.79 Å². The molecule has 0 saturated carbocycles. The van der Waals surface area contributed by atoms with Crippen LogP contribution in [0.25, 0.3) is 0 Å². The number of methoxy groups -OCH3 is 2. The maximum absolute atomic E-state index is 12.6. The van der Waals surface area contributed by atoms with Crippen LogP contribution in [0.2, 0.25) is 5.02 Å². The number of aryl methyl sites for hydroxylation is 1. The zero-order valence-electron chi connectivity index (χ0n) is 12.3. The van der Waals surface area contributed by atoms with E-state index in [-0.39, 0.29) is 5.78 Å². The molecular weight excluding hydrogens is 288 g/mol. The van der Waals surface area contributed by atoms with Gasteiger partial charge < -0.3 is 9.47 Å². The first kappa shape index (κ1) is 15.4. The number of rotatable bonds is 5. The standard InChI is InChI=1S/C17H17ClO3/c1-4-11-5-7-12(8-6-11)17(19)13-9-15(20-2)16(21-3)10-14(13)18/h5-10H,4H2,1-3H3. The molecule has 0 atom stereocenters. The van der Waals surface area contributed by atoms with E-state index < -0.39 is 0 Å². The summed E-state index contributed by atoms with van der Waals surface area (Å²) < 4.78 is 10.4. The highest BCUT2D eigenvalue weighted by Gasteiger charge is 2.17. The minimum absolute atomic E-state index is 0.136. The lowest BCUT2D eigenvalue weighted by atomic mass is 10.0. The molecule has 0 aliphatic heterocycles. The van der Waals surface area contributed by atoms with Gasteiger partial charge in [0.2, 0.25) is 0 Å². The van der Waals surface area contributed by atoms with E-state index in [1.807, 2.05) is 24.3 Å². The largest absolute Gasteiger partial charge is 0.493 e. The molecule has 0 heterocycles. The van der Waals surface area contributed by atoms with E-state index in [0.717, 1.165) is 6.42 Å². The van der Waals surface area contributed by atoms with Crippen LogP contribution in [0.3, 0.4) is 0 Å². The van der Waals surface area contributed by atoms with Crippen molar-refractivity contribution in [2.24, 2.45) is 0 Å². The van der Waals surface area contributed by atoms with Gasteiger partial charge in [0.25, 0.3) is 0 Å². The van der Waals surface area contributed by atoms with Crippen molar-refractivity contribution < 1.29 is 14.3 Å². The SMILES string of the molecule is CCc1ccc(C(=O)c2cc(OC)c(OC)cc2Cl)cc1. The van der Waals surface area contributed by atoms with Gasteiger partial charge in [0, 0.05) is 17.2 Å². The molecule has 4 heteroatoms. The Hall–Kier alpha value is -2.00. The zero-order valence-corrected chi connectivity index (χ0v) is 13.0. The molecule has 0 N–H and O–H groups in total. The minimum atomic E-state index is -0.136. The summed E-state index contributed by atoms with van der Waals surface area (Å²) in [6.45, 7) is 2.07. The van der Waals surface area contributed by atoms with Gasteiger partial charge in [-0.15, -0.1) is 0 Å². The van der Waals surface area contributed by atoms with Gasteiger partial charge in [-0.3, -0.25) is 4.79 Å². The van der Waals surface area contributed by atoms with Gasteiger partial charge >= 0.3 is 0 Å². The molecule has 0 aliphatic carbocycles. The van der Waals surface area contributed by atoms with Crippen LogP contribution in [-0.2, 0) is 6.42 Å². The molecule has 3 nitrogen and oxygen atoms in total. The van der Waals surface area contributed by atoms with Crippen LogP contribution in [0, 0.1) is 0 Å². The van der Waals surface area contributed by atoms with E-state index >= 15 is 0 Å². The summed E-state index contributed by atoms with van der Waals surface area (Å²) in [7, 11) is 3.05. The molecule has 0 amide bonds. The molecule has 0 aliphatic rings. The van der Waals surface area contributed by atoms with Crippen LogP contribution in [0.5, 0.6) is 11.5 Å². The van der Waals surface area contributed by atoms with Crippen molar-refractivity contribution in [3.8, 4) is 11.5 Å². The third kappa shape index (κ3) is 3.19. The molecule has 0 spiro atoms. The highest BCUT2D eigenvalue weighted by atomic mass is 35.5. The van der Waals surface area contributed by atoms with Crippen molar-refractivity contribution in [3.05, 3.63) is 58.1 Å². The number of carbonyl (C=O) groups excluding carboxylic acids is 1. The molecule has 2 aromatic rings. The van der Waals surface area contributed by atoms with Crippen LogP contribution in [0.15, 0.2) is 36.4 Å². The first-order valence-electron chi connectivity index (χ1n) is 6.65. The fourth-order valence-corrected chi connectivity index (χ4v) is 2.31. The molecule has 0 saturated heterocycles. The monoisotopic (exact) mass is 304 g/mol. The van der Waals surface area contributed by atoms with Crippen molar-refractivity contribution in [1.82, 2.24) is 0 Å². The van der Waals surface area contributed by atoms with Gasteiger partial charge in [0.15, 0.2) is 17.3 Å². The van der Waals surface area contributed by atoms with Crippen LogP contribution >= 0.6 is 11.6 Å². The second kappa shape index (κ2) is 6.64. The number of hydrogen-bond acceptors (Lipinski definition) is 3. The number of ether oxygens (including phenoxy) is 2. The van der Waals surface area contributed by atoms with Crippen molar-refractivity contribution in [1.29, 1.82) is 0 Å². The van der Waals surface area contributed by atoms with Gasteiger partial charge in [-0.2, -0.15) is 0 Å². The van der Waals surface area contributed by atoms with Crippen molar-refractivity contribution in [2.75, 3.05) is 14.2 Å². The average Bonchev–Trinajstić information content (AvgIpc) is 2.54. The van der Waals surface area contributed by atoms with Crippen LogP contribution in [-0.4, -0.2) is 20.0 Å². The summed E-state index contributed by atoms with van der Waals surface area (Å²) in [5, 5.41) is 0.345. The third-order valence-electron chi connectivity index (χ3n) is 3.34. The summed E-state index contributed by atoms with van der Waals surface area (Å²) in [5.74, 6) is 0.847. The Kier molecular flexibility index (Phi) is 4.86. The van der Waals surface area contributed by atoms with Gasteiger partial charge in [-0.05, 0) is 18.1 Å². The number of ketones is 1. The van der Waals surface area contributed by atoms with E-state index in [4.69, 9.17) is 21.1 Å². The molecule has 0 radical (unpaired) electrons. The molecule has 21 heavy (non-hydrogen) atoms. The molecule has 2 rings (SSSR count). The predicted octanol–water partition coefficient (Wildman–Crippen LogP) is 4.15. The van der Waals surface area contributed by atoms with Gasteiger partial charge in [0.1, 0.15) is 0 Å². The Labute approximate surface area is 129 Å². The molecule has 0 aromatic heterocycles. The molecule has 0 bridgehead atoms. The number of halogens is 1. The Morgan fingerprint density at radius 3 is 2.14 bits per heavy atom. The summed E-state index contributed by atoms with van der Waals surface area (Å²) in [4.78, 5) is 12.6. The quantitative estimate of drug-likeness (QED) is 0.778. The fourth-order valence-electron chi connectivity index (χ4n) is 2.08. The summed E-state index contributed by atoms with van der Waals surface area (Å²) in [5.41, 5.74) is 2.19. The molecule has 2 aromatic carbocycles. The lowest BCUT2D eigenvalue weighted by Gasteiger charge is -2.11. The third-order valence-corrected chi connectivity index (χ3v) is 3.65. The maximum Gasteiger partial charge on any atom is 0.194 e. The maximum atomic E-state index is 12.6. The molecular formula is C17H17ClO3. The minimum Gasteiger partial charge on any atom is -0.493 e. The van der Waals surface area contributed by atoms with Gasteiger partial charge in [0.05, 0.1) is 19.2 Å². The summed E-state index contributed by atoms with van der Waals surface area (Å²) in [6.07, 6.45) is 0.936. The Bertz CT molecular complexity index is 648. The van der Waals surface area contributed by atoms with Crippen LogP contribution < -0.4 is 9.47 Å². The smallest absolute Gasteiger partial charge is 0.194 e. The predicted molar refractivity (Wildman–Crippen MR) is 83.8 cm³/mol. The zero-order chi connectivity index (χ0) is 15.4. The second-order valence-electron chi connectivity index (χ2n) is 4.57. The first-order chi connectivity index (χ1) is 10.1. The van der Waals surface area contributed by atoms with Crippen molar-refractivity contribution in [2.45, 2.75) is 13.3 Å². The Balaban J connectivity index is 2.42. The van der Waals surface area contributed by atoms with E-state index in [0.29, 0.717) is 27.6 Å². The molecule has 110 valence electrons. The Morgan fingerprint density at radius 1 is 1.05 bits per heavy atom. The molecule has 0 fully saturated rings. The van der Waals surface area contributed by atoms with E-state index in [2.05, 4.69) is 6.92 Å². The fraction of sp³-hybridized carbons (Fsp3) is 0.235. The van der Waals surface area contributed by atoms with E-state index in [1.54, 1.807) is 12.1 Å². The van der Waals surface area contributed by atoms with Gasteiger partial charge in [-0.25, -0.2) is 0 Å². The van der Waals surface area contributed by atoms with E-state index in [1.165, 1.54) is 19.8 Å². The van der Waals surface area contributed by atoms with Crippen LogP contribution in [0.1, 0.15) is 28.4 Å². The summed E-state index contributed by atoms with van der Waals surface area (Å²) >= 11 is 6.18. The average molecular weight is 305 g/mol. The highest BCUT2D eigenvalue weighted by Crippen LogP contribution is 2.34. The number of carbonyl (C=O) groups is 1. The summed E-state index contributed by atoms with van der Waals surface area (Å²) in [6, 6.07) is 10.7. The van der Waals surface area contributed by atoms with Crippen molar-refractivity contribution >= 4 is 17.4 Å². The van der Waals surface area contributed by atoms with Crippen LogP contribution in [0.4, 0.5) is 0 Å². The Morgan fingerprint density at radius 2 is 1.62 bits per heavy atom. The number of benzene rings is 2. The molecule has 0 unspecified atom stereocenters. The topological polar surface area (TPSA) is 35.5 Å². The van der Waals surface area contributed by atoms with Gasteiger partial charge in [-0.1, -0.05) is 42.8 Å². The van der Waals surface area contributed by atoms with Crippen molar-refractivity contribution in [3.63, 3.8) is 0 Å². The first-order valence-corrected chi connectivity index (χ1v) is 7.03. The lowest BCUT2D eigenvalue weighted by molar-refractivity contribution is 0.103. The normalized spacial score (nSPS) is 10.3. The second-order valence-corrected chi connectivity index (χ2v) is 4.97. The number of hydrogen-bond donors (Lipinski definition) is 0.